The van der Waals surface area contributed by atoms with E-state index >= 15 is 0 Å². The molecule has 3 N–H and O–H groups in total. The summed E-state index contributed by atoms with van der Waals surface area (Å²) in [4.78, 5) is 35.4. The molecule has 0 aliphatic rings. The fourth-order valence-electron chi connectivity index (χ4n) is 2.59. The second-order valence-electron chi connectivity index (χ2n) is 6.73. The minimum Gasteiger partial charge on any atom is -0.497 e. The summed E-state index contributed by atoms with van der Waals surface area (Å²) in [6, 6.07) is 13.1. The van der Waals surface area contributed by atoms with Crippen LogP contribution in [0.1, 0.15) is 22.8 Å². The maximum Gasteiger partial charge on any atom is 0.337 e. The van der Waals surface area contributed by atoms with Gasteiger partial charge in [-0.2, -0.15) is 0 Å². The molecule has 1 atom stereocenters. The molecule has 0 heterocycles. The molecular formula is C21H24N2O6. The molecule has 0 saturated heterocycles. The Morgan fingerprint density at radius 2 is 1.59 bits per heavy atom. The Morgan fingerprint density at radius 1 is 0.966 bits per heavy atom. The highest BCUT2D eigenvalue weighted by Crippen LogP contribution is 2.17. The van der Waals surface area contributed by atoms with Crippen molar-refractivity contribution in [3.05, 3.63) is 59.7 Å². The van der Waals surface area contributed by atoms with E-state index in [1.165, 1.54) is 31.4 Å². The normalized spacial score (nSPS) is 12.4. The van der Waals surface area contributed by atoms with Gasteiger partial charge in [-0.05, 0) is 48.9 Å². The molecular weight excluding hydrogens is 376 g/mol. The van der Waals surface area contributed by atoms with Gasteiger partial charge in [0.2, 0.25) is 0 Å². The van der Waals surface area contributed by atoms with Gasteiger partial charge in [0.25, 0.3) is 0 Å². The van der Waals surface area contributed by atoms with Crippen LogP contribution in [0.2, 0.25) is 0 Å². The predicted molar refractivity (Wildman–Crippen MR) is 107 cm³/mol. The Bertz CT molecular complexity index is 860. The van der Waals surface area contributed by atoms with Gasteiger partial charge in [-0.3, -0.25) is 9.59 Å². The largest absolute Gasteiger partial charge is 0.497 e. The number of methoxy groups -OCH3 is 2. The Hall–Kier alpha value is -3.39. The van der Waals surface area contributed by atoms with E-state index in [-0.39, 0.29) is 13.0 Å². The minimum absolute atomic E-state index is 0.105. The Morgan fingerprint density at radius 3 is 2.14 bits per heavy atom. The van der Waals surface area contributed by atoms with Gasteiger partial charge in [0, 0.05) is 18.7 Å². The fourth-order valence-corrected chi connectivity index (χ4v) is 2.59. The second-order valence-corrected chi connectivity index (χ2v) is 6.73. The molecule has 0 aromatic heterocycles. The van der Waals surface area contributed by atoms with Gasteiger partial charge in [0.15, 0.2) is 0 Å². The summed E-state index contributed by atoms with van der Waals surface area (Å²) in [7, 11) is 2.84. The Labute approximate surface area is 168 Å². The topological polar surface area (TPSA) is 114 Å². The molecule has 154 valence electrons. The lowest BCUT2D eigenvalue weighted by molar-refractivity contribution is -0.136. The minimum atomic E-state index is -1.24. The van der Waals surface area contributed by atoms with Crippen molar-refractivity contribution in [1.29, 1.82) is 0 Å². The van der Waals surface area contributed by atoms with Crippen LogP contribution >= 0.6 is 0 Å². The van der Waals surface area contributed by atoms with Crippen molar-refractivity contribution in [3.63, 3.8) is 0 Å². The lowest BCUT2D eigenvalue weighted by atomic mass is 9.96. The summed E-state index contributed by atoms with van der Waals surface area (Å²) < 4.78 is 9.68. The third-order valence-corrected chi connectivity index (χ3v) is 4.14. The number of hydrogen-bond acceptors (Lipinski definition) is 6. The van der Waals surface area contributed by atoms with Crippen LogP contribution in [0.3, 0.4) is 0 Å². The van der Waals surface area contributed by atoms with Gasteiger partial charge in [0.05, 0.1) is 25.4 Å². The van der Waals surface area contributed by atoms with E-state index in [1.54, 1.807) is 26.2 Å². The van der Waals surface area contributed by atoms with Gasteiger partial charge >= 0.3 is 17.8 Å². The summed E-state index contributed by atoms with van der Waals surface area (Å²) in [5.41, 5.74) is 0.291. The second kappa shape index (κ2) is 9.70. The third-order valence-electron chi connectivity index (χ3n) is 4.14. The van der Waals surface area contributed by atoms with Gasteiger partial charge in [0.1, 0.15) is 5.75 Å². The zero-order valence-electron chi connectivity index (χ0n) is 16.5. The molecule has 0 saturated carbocycles. The smallest absolute Gasteiger partial charge is 0.337 e. The lowest BCUT2D eigenvalue weighted by Gasteiger charge is -2.23. The highest BCUT2D eigenvalue weighted by molar-refractivity contribution is 6.39. The first-order chi connectivity index (χ1) is 13.7. The molecule has 2 aromatic rings. The first kappa shape index (κ1) is 21.9. The van der Waals surface area contributed by atoms with E-state index in [1.807, 2.05) is 12.1 Å². The van der Waals surface area contributed by atoms with Crippen LogP contribution in [0, 0.1) is 0 Å². The number of anilines is 1. The Balaban J connectivity index is 1.86. The van der Waals surface area contributed by atoms with Crippen LogP contribution < -0.4 is 15.4 Å². The third kappa shape index (κ3) is 6.62. The quantitative estimate of drug-likeness (QED) is 0.480. The van der Waals surface area contributed by atoms with Crippen molar-refractivity contribution < 1.29 is 29.0 Å². The number of ether oxygens (including phenoxy) is 2. The first-order valence-electron chi connectivity index (χ1n) is 8.87. The first-order valence-corrected chi connectivity index (χ1v) is 8.87. The molecule has 0 aliphatic heterocycles. The molecule has 8 heteroatoms. The van der Waals surface area contributed by atoms with E-state index < -0.39 is 23.4 Å². The monoisotopic (exact) mass is 400 g/mol. The highest BCUT2D eigenvalue weighted by Gasteiger charge is 2.24. The van der Waals surface area contributed by atoms with Crippen molar-refractivity contribution in [3.8, 4) is 5.75 Å². The molecule has 0 bridgehead atoms. The van der Waals surface area contributed by atoms with E-state index in [0.29, 0.717) is 17.0 Å². The van der Waals surface area contributed by atoms with Gasteiger partial charge in [-0.15, -0.1) is 0 Å². The molecule has 29 heavy (non-hydrogen) atoms. The SMILES string of the molecule is COC(=O)c1ccc(NC(=O)C(=O)NCC(C)(O)Cc2ccc(OC)cc2)cc1. The summed E-state index contributed by atoms with van der Waals surface area (Å²) in [6.45, 7) is 1.47. The molecule has 0 fully saturated rings. The van der Waals surface area contributed by atoms with Crippen LogP contribution in [0.5, 0.6) is 5.75 Å². The summed E-state index contributed by atoms with van der Waals surface area (Å²) in [6.07, 6.45) is 0.286. The number of carbonyl (C=O) groups is 3. The summed E-state index contributed by atoms with van der Waals surface area (Å²) in [5, 5.41) is 15.3. The Kier molecular flexibility index (Phi) is 7.33. The average molecular weight is 400 g/mol. The maximum absolute atomic E-state index is 12.0. The van der Waals surface area contributed by atoms with Gasteiger partial charge in [-0.1, -0.05) is 12.1 Å². The van der Waals surface area contributed by atoms with Crippen LogP contribution in [0.25, 0.3) is 0 Å². The molecule has 1 unspecified atom stereocenters. The zero-order valence-corrected chi connectivity index (χ0v) is 16.5. The van der Waals surface area contributed by atoms with Crippen LogP contribution in [0.15, 0.2) is 48.5 Å². The molecule has 2 amide bonds. The van der Waals surface area contributed by atoms with Crippen molar-refractivity contribution in [1.82, 2.24) is 5.32 Å². The van der Waals surface area contributed by atoms with Crippen molar-refractivity contribution >= 4 is 23.5 Å². The standard InChI is InChI=1S/C21H24N2O6/c1-21(27,12-14-4-10-17(28-2)11-5-14)13-22-18(24)19(25)23-16-8-6-15(7-9-16)20(26)29-3/h4-11,27H,12-13H2,1-3H3,(H,22,24)(H,23,25). The number of hydrogen-bond donors (Lipinski definition) is 3. The maximum atomic E-state index is 12.0. The number of nitrogens with one attached hydrogen (secondary N) is 2. The van der Waals surface area contributed by atoms with Crippen molar-refractivity contribution in [2.75, 3.05) is 26.1 Å². The summed E-state index contributed by atoms with van der Waals surface area (Å²) >= 11 is 0. The number of benzene rings is 2. The highest BCUT2D eigenvalue weighted by atomic mass is 16.5. The average Bonchev–Trinajstić information content (AvgIpc) is 2.72. The van der Waals surface area contributed by atoms with Crippen LogP contribution in [0.4, 0.5) is 5.69 Å². The molecule has 2 aromatic carbocycles. The number of esters is 1. The lowest BCUT2D eigenvalue weighted by Crippen LogP contribution is -2.45. The van der Waals surface area contributed by atoms with E-state index in [0.717, 1.165) is 5.56 Å². The molecule has 8 nitrogen and oxygen atoms in total. The molecule has 0 aliphatic carbocycles. The molecule has 2 rings (SSSR count). The predicted octanol–water partition coefficient (Wildman–Crippen LogP) is 1.53. The van der Waals surface area contributed by atoms with Crippen molar-refractivity contribution in [2.45, 2.75) is 18.9 Å². The number of carbonyl (C=O) groups excluding carboxylic acids is 3. The van der Waals surface area contributed by atoms with Crippen LogP contribution in [-0.4, -0.2) is 49.3 Å². The molecule has 0 radical (unpaired) electrons. The van der Waals surface area contributed by atoms with Gasteiger partial charge in [-0.25, -0.2) is 4.79 Å². The van der Waals surface area contributed by atoms with E-state index in [2.05, 4.69) is 15.4 Å². The summed E-state index contributed by atoms with van der Waals surface area (Å²) in [5.74, 6) is -1.55. The fraction of sp³-hybridized carbons (Fsp3) is 0.286. The van der Waals surface area contributed by atoms with Crippen molar-refractivity contribution in [2.24, 2.45) is 0 Å². The number of amides is 2. The van der Waals surface area contributed by atoms with E-state index in [4.69, 9.17) is 4.74 Å². The number of rotatable bonds is 7. The number of aliphatic hydroxyl groups is 1. The van der Waals surface area contributed by atoms with Gasteiger partial charge < -0.3 is 25.2 Å². The zero-order chi connectivity index (χ0) is 21.4. The van der Waals surface area contributed by atoms with Crippen LogP contribution in [-0.2, 0) is 20.7 Å². The van der Waals surface area contributed by atoms with E-state index in [9.17, 15) is 19.5 Å². The molecule has 0 spiro atoms.